The average molecular weight is 457 g/mol. The number of pyridine rings is 1. The Bertz CT molecular complexity index is 1120. The van der Waals surface area contributed by atoms with Gasteiger partial charge in [-0.05, 0) is 30.3 Å². The molecule has 1 aromatic heterocycles. The van der Waals surface area contributed by atoms with Crippen LogP contribution in [0.3, 0.4) is 0 Å². The second kappa shape index (κ2) is 10.9. The van der Waals surface area contributed by atoms with Gasteiger partial charge in [0.25, 0.3) is 11.6 Å². The van der Waals surface area contributed by atoms with Crippen LogP contribution in [0, 0.1) is 15.9 Å². The molecule has 0 spiro atoms. The van der Waals surface area contributed by atoms with Gasteiger partial charge >= 0.3 is 0 Å². The van der Waals surface area contributed by atoms with E-state index >= 15 is 0 Å². The van der Waals surface area contributed by atoms with Gasteiger partial charge in [0.15, 0.2) is 11.5 Å². The summed E-state index contributed by atoms with van der Waals surface area (Å²) in [6.07, 6.45) is 1.32. The number of nitrogens with zero attached hydrogens (tertiary/aromatic N) is 2. The third kappa shape index (κ3) is 6.14. The summed E-state index contributed by atoms with van der Waals surface area (Å²) in [6, 6.07) is 10.7. The van der Waals surface area contributed by atoms with Crippen LogP contribution in [0.15, 0.2) is 54.7 Å². The van der Waals surface area contributed by atoms with E-state index in [1.807, 2.05) is 0 Å². The molecule has 1 N–H and O–H groups in total. The summed E-state index contributed by atoms with van der Waals surface area (Å²) in [7, 11) is 2.85. The third-order valence-corrected chi connectivity index (χ3v) is 4.30. The molecule has 0 atom stereocenters. The van der Waals surface area contributed by atoms with Crippen molar-refractivity contribution in [2.24, 2.45) is 0 Å². The van der Waals surface area contributed by atoms with Crippen molar-refractivity contribution in [2.75, 3.05) is 32.8 Å². The fourth-order valence-corrected chi connectivity index (χ4v) is 2.73. The molecule has 0 fully saturated rings. The van der Waals surface area contributed by atoms with E-state index in [0.29, 0.717) is 5.75 Å². The molecule has 0 bridgehead atoms. The molecule has 0 unspecified atom stereocenters. The lowest BCUT2D eigenvalue weighted by Crippen LogP contribution is -2.15. The minimum Gasteiger partial charge on any atom is -0.493 e. The van der Waals surface area contributed by atoms with E-state index in [4.69, 9.17) is 18.9 Å². The zero-order valence-corrected chi connectivity index (χ0v) is 17.7. The van der Waals surface area contributed by atoms with Crippen LogP contribution in [0.25, 0.3) is 0 Å². The molecule has 0 saturated carbocycles. The van der Waals surface area contributed by atoms with Gasteiger partial charge in [-0.2, -0.15) is 0 Å². The maximum atomic E-state index is 13.0. The predicted molar refractivity (Wildman–Crippen MR) is 116 cm³/mol. The Labute approximate surface area is 188 Å². The number of hydrogen-bond acceptors (Lipinski definition) is 8. The Balaban J connectivity index is 1.77. The number of anilines is 1. The zero-order chi connectivity index (χ0) is 23.8. The van der Waals surface area contributed by atoms with E-state index in [9.17, 15) is 19.3 Å². The summed E-state index contributed by atoms with van der Waals surface area (Å²) in [5.74, 6) is -0.267. The first-order chi connectivity index (χ1) is 15.9. The van der Waals surface area contributed by atoms with Crippen LogP contribution in [-0.2, 0) is 4.74 Å². The van der Waals surface area contributed by atoms with Crippen LogP contribution in [0.1, 0.15) is 10.4 Å². The molecule has 11 heteroatoms. The fourth-order valence-electron chi connectivity index (χ4n) is 2.73. The number of carbonyl (C=O) groups excluding carboxylic acids is 1. The maximum absolute atomic E-state index is 13.0. The number of ether oxygens (including phenoxy) is 4. The summed E-state index contributed by atoms with van der Waals surface area (Å²) in [6.45, 7) is 0.417. The van der Waals surface area contributed by atoms with Gasteiger partial charge in [-0.1, -0.05) is 0 Å². The first-order valence-electron chi connectivity index (χ1n) is 9.60. The van der Waals surface area contributed by atoms with Crippen molar-refractivity contribution >= 4 is 17.3 Å². The van der Waals surface area contributed by atoms with Gasteiger partial charge in [-0.15, -0.1) is 0 Å². The van der Waals surface area contributed by atoms with E-state index < -0.39 is 22.3 Å². The highest BCUT2D eigenvalue weighted by molar-refractivity contribution is 6.07. The van der Waals surface area contributed by atoms with Gasteiger partial charge in [-0.3, -0.25) is 14.9 Å². The monoisotopic (exact) mass is 457 g/mol. The summed E-state index contributed by atoms with van der Waals surface area (Å²) in [4.78, 5) is 27.7. The molecule has 3 aromatic rings. The minimum absolute atomic E-state index is 0.113. The Morgan fingerprint density at radius 3 is 2.45 bits per heavy atom. The summed E-state index contributed by atoms with van der Waals surface area (Å²) < 4.78 is 34.0. The number of hydrogen-bond donors (Lipinski definition) is 1. The predicted octanol–water partition coefficient (Wildman–Crippen LogP) is 4.21. The van der Waals surface area contributed by atoms with Crippen molar-refractivity contribution in [1.82, 2.24) is 4.98 Å². The van der Waals surface area contributed by atoms with E-state index in [1.54, 1.807) is 0 Å². The topological polar surface area (TPSA) is 122 Å². The molecular weight excluding hydrogens is 437 g/mol. The van der Waals surface area contributed by atoms with Gasteiger partial charge in [-0.25, -0.2) is 9.37 Å². The van der Waals surface area contributed by atoms with E-state index in [2.05, 4.69) is 10.3 Å². The van der Waals surface area contributed by atoms with Crippen LogP contribution in [-0.4, -0.2) is 43.2 Å². The van der Waals surface area contributed by atoms with Crippen LogP contribution >= 0.6 is 0 Å². The lowest BCUT2D eigenvalue weighted by Gasteiger charge is -2.13. The third-order valence-electron chi connectivity index (χ3n) is 4.30. The molecule has 2 aromatic carbocycles. The molecule has 0 radical (unpaired) electrons. The van der Waals surface area contributed by atoms with Crippen LogP contribution in [0.2, 0.25) is 0 Å². The molecule has 0 aliphatic rings. The number of amides is 1. The number of benzene rings is 2. The number of nitro groups is 1. The smallest absolute Gasteiger partial charge is 0.286 e. The average Bonchev–Trinajstić information content (AvgIpc) is 2.81. The first-order valence-corrected chi connectivity index (χ1v) is 9.60. The zero-order valence-electron chi connectivity index (χ0n) is 17.7. The maximum Gasteiger partial charge on any atom is 0.286 e. The normalized spacial score (nSPS) is 10.4. The van der Waals surface area contributed by atoms with Crippen molar-refractivity contribution in [3.05, 3.63) is 76.2 Å². The van der Waals surface area contributed by atoms with Crippen LogP contribution in [0.5, 0.6) is 23.1 Å². The van der Waals surface area contributed by atoms with Gasteiger partial charge < -0.3 is 24.3 Å². The SMILES string of the molecule is COCCOc1cc([N+](=O)[O-])c(C(=O)Nc2ccc(Oc3ccc(F)cc3)nc2)cc1OC. The van der Waals surface area contributed by atoms with E-state index in [1.165, 1.54) is 62.9 Å². The molecule has 172 valence electrons. The van der Waals surface area contributed by atoms with Crippen molar-refractivity contribution < 1.29 is 33.1 Å². The standard InChI is InChI=1S/C22H20FN3O7/c1-30-9-10-32-20-12-18(26(28)29)17(11-19(20)31-2)22(27)25-15-5-8-21(24-13-15)33-16-6-3-14(23)4-7-16/h3-8,11-13H,9-10H2,1-2H3,(H,25,27). The van der Waals surface area contributed by atoms with Crippen molar-refractivity contribution in [1.29, 1.82) is 0 Å². The molecule has 1 amide bonds. The van der Waals surface area contributed by atoms with Crippen molar-refractivity contribution in [3.63, 3.8) is 0 Å². The minimum atomic E-state index is -0.738. The number of nitrogens with one attached hydrogen (secondary N) is 1. The first kappa shape index (κ1) is 23.4. The second-order valence-electron chi connectivity index (χ2n) is 6.51. The summed E-state index contributed by atoms with van der Waals surface area (Å²) in [5.41, 5.74) is -0.396. The van der Waals surface area contributed by atoms with Crippen molar-refractivity contribution in [2.45, 2.75) is 0 Å². The quantitative estimate of drug-likeness (QED) is 0.273. The molecule has 0 aliphatic heterocycles. The number of nitro benzene ring substituents is 1. The van der Waals surface area contributed by atoms with Gasteiger partial charge in [0.1, 0.15) is 23.7 Å². The van der Waals surface area contributed by atoms with Gasteiger partial charge in [0.05, 0.1) is 36.6 Å². The van der Waals surface area contributed by atoms with E-state index in [0.717, 1.165) is 6.07 Å². The Morgan fingerprint density at radius 1 is 1.09 bits per heavy atom. The number of carbonyl (C=O) groups is 1. The van der Waals surface area contributed by atoms with Crippen molar-refractivity contribution in [3.8, 4) is 23.1 Å². The molecule has 3 rings (SSSR count). The number of rotatable bonds is 10. The number of halogens is 1. The molecule has 0 saturated heterocycles. The number of methoxy groups -OCH3 is 2. The number of aromatic nitrogens is 1. The fraction of sp³-hybridized carbons (Fsp3) is 0.182. The molecule has 0 aliphatic carbocycles. The lowest BCUT2D eigenvalue weighted by molar-refractivity contribution is -0.385. The Kier molecular flexibility index (Phi) is 7.71. The van der Waals surface area contributed by atoms with Gasteiger partial charge in [0.2, 0.25) is 5.88 Å². The highest BCUT2D eigenvalue weighted by atomic mass is 19.1. The molecular formula is C22H20FN3O7. The summed E-state index contributed by atoms with van der Waals surface area (Å²) in [5, 5.41) is 14.1. The highest BCUT2D eigenvalue weighted by Gasteiger charge is 2.25. The largest absolute Gasteiger partial charge is 0.493 e. The molecule has 1 heterocycles. The highest BCUT2D eigenvalue weighted by Crippen LogP contribution is 2.35. The Morgan fingerprint density at radius 2 is 1.85 bits per heavy atom. The van der Waals surface area contributed by atoms with E-state index in [-0.39, 0.29) is 41.8 Å². The van der Waals surface area contributed by atoms with Crippen LogP contribution in [0.4, 0.5) is 15.8 Å². The van der Waals surface area contributed by atoms with Gasteiger partial charge in [0, 0.05) is 19.2 Å². The van der Waals surface area contributed by atoms with Crippen LogP contribution < -0.4 is 19.5 Å². The molecule has 10 nitrogen and oxygen atoms in total. The molecule has 33 heavy (non-hydrogen) atoms. The Hall–Kier alpha value is -4.25. The lowest BCUT2D eigenvalue weighted by atomic mass is 10.1. The summed E-state index contributed by atoms with van der Waals surface area (Å²) >= 11 is 0. The second-order valence-corrected chi connectivity index (χ2v) is 6.51.